The van der Waals surface area contributed by atoms with Gasteiger partial charge < -0.3 is 14.7 Å². The van der Waals surface area contributed by atoms with Crippen LogP contribution in [0.3, 0.4) is 0 Å². The highest BCUT2D eigenvalue weighted by atomic mass is 16.5. The van der Waals surface area contributed by atoms with Crippen LogP contribution in [0.5, 0.6) is 0 Å². The minimum Gasteiger partial charge on any atom is -0.355 e. The summed E-state index contributed by atoms with van der Waals surface area (Å²) in [6, 6.07) is 11.7. The van der Waals surface area contributed by atoms with E-state index in [1.807, 2.05) is 37.3 Å². The molecule has 0 bridgehead atoms. The standard InChI is InChI=1S/C22H23N5O3/c1-15-4-6-16(7-5-15)13-27-14-18(11-20(27)28)21(29)24-10-8-19-25-22(30-26-19)17-3-2-9-23-12-17/h2-7,9,12,18H,8,10-11,13-14H2,1H3,(H,24,29). The zero-order valence-corrected chi connectivity index (χ0v) is 16.7. The van der Waals surface area contributed by atoms with Crippen LogP contribution in [0.1, 0.15) is 23.4 Å². The second kappa shape index (κ2) is 8.86. The van der Waals surface area contributed by atoms with Crippen LogP contribution in [-0.2, 0) is 22.6 Å². The molecule has 1 unspecified atom stereocenters. The van der Waals surface area contributed by atoms with Gasteiger partial charge in [0.25, 0.3) is 5.89 Å². The normalized spacial score (nSPS) is 16.1. The number of nitrogens with zero attached hydrogens (tertiary/aromatic N) is 4. The molecule has 3 heterocycles. The van der Waals surface area contributed by atoms with E-state index in [-0.39, 0.29) is 24.2 Å². The predicted octanol–water partition coefficient (Wildman–Crippen LogP) is 2.15. The molecule has 1 aromatic carbocycles. The number of rotatable bonds is 7. The van der Waals surface area contributed by atoms with Gasteiger partial charge in [-0.2, -0.15) is 4.98 Å². The van der Waals surface area contributed by atoms with Crippen LogP contribution in [0.15, 0.2) is 53.3 Å². The van der Waals surface area contributed by atoms with Crippen molar-refractivity contribution in [2.75, 3.05) is 13.1 Å². The molecule has 8 nitrogen and oxygen atoms in total. The van der Waals surface area contributed by atoms with E-state index in [0.29, 0.717) is 37.8 Å². The first-order chi connectivity index (χ1) is 14.6. The van der Waals surface area contributed by atoms with Gasteiger partial charge in [-0.3, -0.25) is 14.6 Å². The van der Waals surface area contributed by atoms with Gasteiger partial charge >= 0.3 is 0 Å². The number of carbonyl (C=O) groups excluding carboxylic acids is 2. The van der Waals surface area contributed by atoms with E-state index in [4.69, 9.17) is 4.52 Å². The molecule has 2 aromatic heterocycles. The minimum atomic E-state index is -0.334. The molecule has 2 amide bonds. The lowest BCUT2D eigenvalue weighted by molar-refractivity contribution is -0.129. The first kappa shape index (κ1) is 19.8. The van der Waals surface area contributed by atoms with Crippen molar-refractivity contribution in [3.63, 3.8) is 0 Å². The average molecular weight is 405 g/mol. The maximum absolute atomic E-state index is 12.5. The molecule has 1 aliphatic heterocycles. The van der Waals surface area contributed by atoms with Crippen molar-refractivity contribution in [2.45, 2.75) is 26.3 Å². The van der Waals surface area contributed by atoms with Gasteiger partial charge in [0.2, 0.25) is 11.8 Å². The van der Waals surface area contributed by atoms with E-state index in [1.54, 1.807) is 23.4 Å². The van der Waals surface area contributed by atoms with Gasteiger partial charge in [-0.1, -0.05) is 35.0 Å². The summed E-state index contributed by atoms with van der Waals surface area (Å²) in [5.41, 5.74) is 2.99. The molecule has 1 atom stereocenters. The molecule has 1 aliphatic rings. The zero-order chi connectivity index (χ0) is 20.9. The molecular formula is C22H23N5O3. The largest absolute Gasteiger partial charge is 0.355 e. The highest BCUT2D eigenvalue weighted by Gasteiger charge is 2.34. The first-order valence-corrected chi connectivity index (χ1v) is 9.92. The first-order valence-electron chi connectivity index (χ1n) is 9.92. The van der Waals surface area contributed by atoms with E-state index in [9.17, 15) is 9.59 Å². The van der Waals surface area contributed by atoms with E-state index in [0.717, 1.165) is 11.1 Å². The molecule has 1 fully saturated rings. The molecule has 3 aromatic rings. The summed E-state index contributed by atoms with van der Waals surface area (Å²) in [7, 11) is 0. The maximum atomic E-state index is 12.5. The van der Waals surface area contributed by atoms with Gasteiger partial charge in [-0.25, -0.2) is 0 Å². The summed E-state index contributed by atoms with van der Waals surface area (Å²) in [5.74, 6) is 0.468. The summed E-state index contributed by atoms with van der Waals surface area (Å²) in [4.78, 5) is 34.9. The second-order valence-corrected chi connectivity index (χ2v) is 7.46. The Kier molecular flexibility index (Phi) is 5.83. The lowest BCUT2D eigenvalue weighted by atomic mass is 10.1. The van der Waals surface area contributed by atoms with Crippen LogP contribution >= 0.6 is 0 Å². The van der Waals surface area contributed by atoms with Crippen LogP contribution in [-0.4, -0.2) is 44.9 Å². The quantitative estimate of drug-likeness (QED) is 0.646. The van der Waals surface area contributed by atoms with E-state index in [2.05, 4.69) is 20.4 Å². The number of hydrogen-bond donors (Lipinski definition) is 1. The Morgan fingerprint density at radius 2 is 2.10 bits per heavy atom. The van der Waals surface area contributed by atoms with Gasteiger partial charge in [0.05, 0.1) is 11.5 Å². The minimum absolute atomic E-state index is 0.00926. The number of hydrogen-bond acceptors (Lipinski definition) is 6. The van der Waals surface area contributed by atoms with E-state index < -0.39 is 0 Å². The smallest absolute Gasteiger partial charge is 0.259 e. The summed E-state index contributed by atoms with van der Waals surface area (Å²) in [5, 5.41) is 6.82. The fourth-order valence-corrected chi connectivity index (χ4v) is 3.42. The van der Waals surface area contributed by atoms with Crippen molar-refractivity contribution < 1.29 is 14.1 Å². The molecule has 30 heavy (non-hydrogen) atoms. The van der Waals surface area contributed by atoms with E-state index in [1.165, 1.54) is 5.56 Å². The van der Waals surface area contributed by atoms with Gasteiger partial charge in [-0.05, 0) is 24.6 Å². The maximum Gasteiger partial charge on any atom is 0.259 e. The fourth-order valence-electron chi connectivity index (χ4n) is 3.42. The number of aryl methyl sites for hydroxylation is 1. The highest BCUT2D eigenvalue weighted by molar-refractivity contribution is 5.89. The molecule has 4 rings (SSSR count). The Labute approximate surface area is 174 Å². The van der Waals surface area contributed by atoms with Gasteiger partial charge in [-0.15, -0.1) is 0 Å². The summed E-state index contributed by atoms with van der Waals surface area (Å²) < 4.78 is 5.23. The predicted molar refractivity (Wildman–Crippen MR) is 109 cm³/mol. The molecule has 154 valence electrons. The van der Waals surface area contributed by atoms with Crippen LogP contribution in [0, 0.1) is 12.8 Å². The van der Waals surface area contributed by atoms with Crippen molar-refractivity contribution >= 4 is 11.8 Å². The Bertz CT molecular complexity index is 1020. The summed E-state index contributed by atoms with van der Waals surface area (Å²) in [6.07, 6.45) is 4.01. The van der Waals surface area contributed by atoms with Crippen molar-refractivity contribution in [1.82, 2.24) is 25.3 Å². The van der Waals surface area contributed by atoms with Crippen molar-refractivity contribution in [3.05, 3.63) is 65.7 Å². The van der Waals surface area contributed by atoms with Gasteiger partial charge in [0, 0.05) is 44.9 Å². The second-order valence-electron chi connectivity index (χ2n) is 7.46. The third-order valence-corrected chi connectivity index (χ3v) is 5.10. The number of nitrogens with one attached hydrogen (secondary N) is 1. The molecule has 0 spiro atoms. The number of pyridine rings is 1. The molecule has 1 N–H and O–H groups in total. The van der Waals surface area contributed by atoms with Crippen LogP contribution < -0.4 is 5.32 Å². The Balaban J connectivity index is 1.25. The van der Waals surface area contributed by atoms with Crippen LogP contribution in [0.25, 0.3) is 11.5 Å². The monoisotopic (exact) mass is 405 g/mol. The highest BCUT2D eigenvalue weighted by Crippen LogP contribution is 2.21. The van der Waals surface area contributed by atoms with Gasteiger partial charge in [0.1, 0.15) is 0 Å². The van der Waals surface area contributed by atoms with Crippen molar-refractivity contribution in [1.29, 1.82) is 0 Å². The molecule has 8 heteroatoms. The topological polar surface area (TPSA) is 101 Å². The number of benzene rings is 1. The number of carbonyl (C=O) groups is 2. The average Bonchev–Trinajstić information content (AvgIpc) is 3.37. The van der Waals surface area contributed by atoms with Crippen LogP contribution in [0.2, 0.25) is 0 Å². The molecule has 0 saturated carbocycles. The molecular weight excluding hydrogens is 382 g/mol. The third kappa shape index (κ3) is 4.71. The number of likely N-dealkylation sites (tertiary alicyclic amines) is 1. The lowest BCUT2D eigenvalue weighted by Crippen LogP contribution is -2.34. The zero-order valence-electron chi connectivity index (χ0n) is 16.7. The fraction of sp³-hybridized carbons (Fsp3) is 0.318. The summed E-state index contributed by atoms with van der Waals surface area (Å²) in [6.45, 7) is 3.38. The van der Waals surface area contributed by atoms with Crippen molar-refractivity contribution in [3.8, 4) is 11.5 Å². The molecule has 0 radical (unpaired) electrons. The van der Waals surface area contributed by atoms with Gasteiger partial charge in [0.15, 0.2) is 5.82 Å². The number of amides is 2. The van der Waals surface area contributed by atoms with Crippen molar-refractivity contribution in [2.24, 2.45) is 5.92 Å². The molecule has 1 saturated heterocycles. The summed E-state index contributed by atoms with van der Waals surface area (Å²) >= 11 is 0. The number of aromatic nitrogens is 3. The van der Waals surface area contributed by atoms with E-state index >= 15 is 0 Å². The Morgan fingerprint density at radius 3 is 2.87 bits per heavy atom. The third-order valence-electron chi connectivity index (χ3n) is 5.10. The molecule has 0 aliphatic carbocycles. The Hall–Kier alpha value is -3.55. The Morgan fingerprint density at radius 1 is 1.27 bits per heavy atom. The SMILES string of the molecule is Cc1ccc(CN2CC(C(=O)NCCc3noc(-c4cccnc4)n3)CC2=O)cc1. The lowest BCUT2D eigenvalue weighted by Gasteiger charge is -2.16. The van der Waals surface area contributed by atoms with Crippen LogP contribution in [0.4, 0.5) is 0 Å².